The second-order valence-corrected chi connectivity index (χ2v) is 8.90. The van der Waals surface area contributed by atoms with Crippen molar-refractivity contribution in [2.24, 2.45) is 11.8 Å². The normalized spacial score (nSPS) is 18.8. The number of aliphatic carboxylic acids is 1. The number of benzene rings is 1. The highest BCUT2D eigenvalue weighted by molar-refractivity contribution is 7.15. The molecule has 2 unspecified atom stereocenters. The lowest BCUT2D eigenvalue weighted by atomic mass is 9.79. The van der Waals surface area contributed by atoms with Crippen molar-refractivity contribution in [1.82, 2.24) is 0 Å². The quantitative estimate of drug-likeness (QED) is 0.571. The molecular weight excluding hydrogens is 426 g/mol. The molecule has 2 N–H and O–H groups in total. The average Bonchev–Trinajstić information content (AvgIpc) is 3.11. The molecule has 3 rings (SSSR count). The van der Waals surface area contributed by atoms with E-state index in [1.807, 2.05) is 6.07 Å². The minimum atomic E-state index is -0.961. The number of hydrogen-bond donors (Lipinski definition) is 2. The second-order valence-electron chi connectivity index (χ2n) is 7.61. The molecule has 1 saturated carbocycles. The van der Waals surface area contributed by atoms with E-state index in [0.717, 1.165) is 12.8 Å². The number of halogens is 1. The Morgan fingerprint density at radius 2 is 1.80 bits per heavy atom. The summed E-state index contributed by atoms with van der Waals surface area (Å²) < 4.78 is 5.40. The summed E-state index contributed by atoms with van der Waals surface area (Å²) in [6.45, 7) is 3.49. The number of carbonyl (C=O) groups is 3. The Bertz CT molecular complexity index is 955. The zero-order chi connectivity index (χ0) is 21.8. The van der Waals surface area contributed by atoms with E-state index >= 15 is 0 Å². The number of nitrogens with one attached hydrogen (secondary N) is 1. The van der Waals surface area contributed by atoms with E-state index in [0.29, 0.717) is 34.0 Å². The van der Waals surface area contributed by atoms with E-state index in [1.165, 1.54) is 11.3 Å². The summed E-state index contributed by atoms with van der Waals surface area (Å²) in [4.78, 5) is 37.4. The largest absolute Gasteiger partial charge is 0.481 e. The number of thiophene rings is 1. The summed E-state index contributed by atoms with van der Waals surface area (Å²) in [5.41, 5.74) is 1.47. The standard InChI is InChI=1S/C22H24ClNO5S/c1-12(2)29-22(28)18-16(13-7-5-6-10-17(13)23)11-30-20(18)24-19(25)14-8-3-4-9-15(14)21(26)27/h5-7,10-12,14-15H,3-4,8-9H2,1-2H3,(H,24,25)(H,26,27). The van der Waals surface area contributed by atoms with Crippen molar-refractivity contribution >= 4 is 45.8 Å². The molecule has 1 aromatic heterocycles. The van der Waals surface area contributed by atoms with Crippen LogP contribution in [0.2, 0.25) is 5.02 Å². The van der Waals surface area contributed by atoms with Crippen molar-refractivity contribution in [1.29, 1.82) is 0 Å². The molecule has 1 heterocycles. The Morgan fingerprint density at radius 1 is 1.13 bits per heavy atom. The van der Waals surface area contributed by atoms with E-state index in [1.54, 1.807) is 37.4 Å². The fourth-order valence-corrected chi connectivity index (χ4v) is 4.94. The van der Waals surface area contributed by atoms with Gasteiger partial charge in [0.05, 0.1) is 17.9 Å². The van der Waals surface area contributed by atoms with Gasteiger partial charge in [0.15, 0.2) is 0 Å². The Balaban J connectivity index is 1.96. The summed E-state index contributed by atoms with van der Waals surface area (Å²) in [5.74, 6) is -3.25. The number of carboxylic acids is 1. The van der Waals surface area contributed by atoms with Gasteiger partial charge in [-0.1, -0.05) is 42.6 Å². The molecular formula is C22H24ClNO5S. The van der Waals surface area contributed by atoms with Crippen LogP contribution >= 0.6 is 22.9 Å². The summed E-state index contributed by atoms with van der Waals surface area (Å²) in [6, 6.07) is 7.13. The molecule has 8 heteroatoms. The van der Waals surface area contributed by atoms with E-state index in [2.05, 4.69) is 5.32 Å². The highest BCUT2D eigenvalue weighted by Crippen LogP contribution is 2.40. The fourth-order valence-electron chi connectivity index (χ4n) is 3.75. The summed E-state index contributed by atoms with van der Waals surface area (Å²) >= 11 is 7.53. The fraction of sp³-hybridized carbons (Fsp3) is 0.409. The van der Waals surface area contributed by atoms with Gasteiger partial charge in [0.2, 0.25) is 5.91 Å². The molecule has 2 aromatic rings. The molecule has 2 atom stereocenters. The van der Waals surface area contributed by atoms with E-state index in [4.69, 9.17) is 16.3 Å². The molecule has 1 aromatic carbocycles. The lowest BCUT2D eigenvalue weighted by Gasteiger charge is -2.27. The van der Waals surface area contributed by atoms with Crippen LogP contribution in [0.3, 0.4) is 0 Å². The maximum absolute atomic E-state index is 12.9. The minimum absolute atomic E-state index is 0.234. The highest BCUT2D eigenvalue weighted by atomic mass is 35.5. The minimum Gasteiger partial charge on any atom is -0.481 e. The van der Waals surface area contributed by atoms with Crippen LogP contribution < -0.4 is 5.32 Å². The number of amides is 1. The number of rotatable bonds is 6. The zero-order valence-corrected chi connectivity index (χ0v) is 18.4. The first kappa shape index (κ1) is 22.3. The summed E-state index contributed by atoms with van der Waals surface area (Å²) in [5, 5.41) is 14.9. The van der Waals surface area contributed by atoms with Crippen LogP contribution in [0, 0.1) is 11.8 Å². The molecule has 0 bridgehead atoms. The number of hydrogen-bond acceptors (Lipinski definition) is 5. The number of ether oxygens (including phenoxy) is 1. The molecule has 1 aliphatic rings. The van der Waals surface area contributed by atoms with Crippen LogP contribution in [0.25, 0.3) is 11.1 Å². The third-order valence-corrected chi connectivity index (χ3v) is 6.38. The van der Waals surface area contributed by atoms with Gasteiger partial charge in [0.1, 0.15) is 10.6 Å². The summed E-state index contributed by atoms with van der Waals surface area (Å²) in [7, 11) is 0. The molecule has 30 heavy (non-hydrogen) atoms. The highest BCUT2D eigenvalue weighted by Gasteiger charge is 2.36. The van der Waals surface area contributed by atoms with Gasteiger partial charge in [-0.25, -0.2) is 4.79 Å². The number of carbonyl (C=O) groups excluding carboxylic acids is 2. The first-order chi connectivity index (χ1) is 14.3. The maximum atomic E-state index is 12.9. The Morgan fingerprint density at radius 3 is 2.43 bits per heavy atom. The van der Waals surface area contributed by atoms with Crippen molar-refractivity contribution in [3.63, 3.8) is 0 Å². The smallest absolute Gasteiger partial charge is 0.342 e. The first-order valence-corrected chi connectivity index (χ1v) is 11.2. The lowest BCUT2D eigenvalue weighted by molar-refractivity contribution is -0.147. The Hall–Kier alpha value is -2.38. The van der Waals surface area contributed by atoms with E-state index in [9.17, 15) is 19.5 Å². The molecule has 1 amide bonds. The molecule has 0 saturated heterocycles. The molecule has 0 aliphatic heterocycles. The van der Waals surface area contributed by atoms with E-state index in [-0.39, 0.29) is 17.6 Å². The van der Waals surface area contributed by atoms with Gasteiger partial charge in [0.25, 0.3) is 0 Å². The SMILES string of the molecule is CC(C)OC(=O)c1c(-c2ccccc2Cl)csc1NC(=O)C1CCCCC1C(=O)O. The van der Waals surface area contributed by atoms with Crippen LogP contribution in [-0.2, 0) is 14.3 Å². The topological polar surface area (TPSA) is 92.7 Å². The van der Waals surface area contributed by atoms with Crippen LogP contribution in [0.1, 0.15) is 49.9 Å². The first-order valence-electron chi connectivity index (χ1n) is 9.90. The number of esters is 1. The van der Waals surface area contributed by atoms with Gasteiger partial charge in [-0.2, -0.15) is 0 Å². The molecule has 1 aliphatic carbocycles. The number of carboxylic acid groups (broad SMARTS) is 1. The van der Waals surface area contributed by atoms with Crippen molar-refractivity contribution in [3.05, 3.63) is 40.2 Å². The van der Waals surface area contributed by atoms with Crippen molar-refractivity contribution in [3.8, 4) is 11.1 Å². The zero-order valence-electron chi connectivity index (χ0n) is 16.8. The lowest BCUT2D eigenvalue weighted by Crippen LogP contribution is -2.36. The second kappa shape index (κ2) is 9.62. The molecule has 6 nitrogen and oxygen atoms in total. The van der Waals surface area contributed by atoms with Gasteiger partial charge in [-0.05, 0) is 32.8 Å². The third-order valence-electron chi connectivity index (χ3n) is 5.16. The maximum Gasteiger partial charge on any atom is 0.342 e. The molecule has 160 valence electrons. The van der Waals surface area contributed by atoms with Crippen molar-refractivity contribution in [2.45, 2.75) is 45.6 Å². The average molecular weight is 450 g/mol. The van der Waals surface area contributed by atoms with Gasteiger partial charge >= 0.3 is 11.9 Å². The number of anilines is 1. The van der Waals surface area contributed by atoms with Gasteiger partial charge in [0, 0.05) is 21.5 Å². The molecule has 0 spiro atoms. The van der Waals surface area contributed by atoms with Crippen LogP contribution in [0.5, 0.6) is 0 Å². The predicted octanol–water partition coefficient (Wildman–Crippen LogP) is 5.46. The summed E-state index contributed by atoms with van der Waals surface area (Å²) in [6.07, 6.45) is 2.25. The van der Waals surface area contributed by atoms with Crippen molar-refractivity contribution in [2.75, 3.05) is 5.32 Å². The molecule has 0 radical (unpaired) electrons. The third kappa shape index (κ3) is 4.84. The van der Waals surface area contributed by atoms with Crippen molar-refractivity contribution < 1.29 is 24.2 Å². The van der Waals surface area contributed by atoms with Crippen LogP contribution in [0.4, 0.5) is 5.00 Å². The van der Waals surface area contributed by atoms with Crippen LogP contribution in [-0.4, -0.2) is 29.1 Å². The Labute approximate surface area is 184 Å². The Kier molecular flexibility index (Phi) is 7.15. The van der Waals surface area contributed by atoms with Gasteiger partial charge in [-0.15, -0.1) is 11.3 Å². The van der Waals surface area contributed by atoms with Gasteiger partial charge in [-0.3, -0.25) is 9.59 Å². The van der Waals surface area contributed by atoms with Crippen LogP contribution in [0.15, 0.2) is 29.6 Å². The monoisotopic (exact) mass is 449 g/mol. The van der Waals surface area contributed by atoms with Gasteiger partial charge < -0.3 is 15.2 Å². The van der Waals surface area contributed by atoms with E-state index < -0.39 is 23.8 Å². The molecule has 1 fully saturated rings. The predicted molar refractivity (Wildman–Crippen MR) is 117 cm³/mol.